The molecule has 1 aliphatic heterocycles. The third-order valence-corrected chi connectivity index (χ3v) is 5.60. The summed E-state index contributed by atoms with van der Waals surface area (Å²) in [4.78, 5) is -0.249. The van der Waals surface area contributed by atoms with E-state index in [1.54, 1.807) is 0 Å². The third-order valence-electron chi connectivity index (χ3n) is 4.69. The van der Waals surface area contributed by atoms with Crippen molar-refractivity contribution in [2.45, 2.75) is 36.3 Å². The number of alkyl halides is 5. The Morgan fingerprint density at radius 3 is 2.52 bits per heavy atom. The van der Waals surface area contributed by atoms with Crippen LogP contribution in [0.15, 0.2) is 40.9 Å². The summed E-state index contributed by atoms with van der Waals surface area (Å²) in [7, 11) is -4.04. The molecule has 1 aromatic rings. The van der Waals surface area contributed by atoms with Gasteiger partial charge >= 0.3 is 6.18 Å². The van der Waals surface area contributed by atoms with E-state index in [9.17, 15) is 30.4 Å². The second kappa shape index (κ2) is 6.71. The first kappa shape index (κ1) is 20.0. The molecule has 2 N–H and O–H groups in total. The van der Waals surface area contributed by atoms with Gasteiger partial charge in [0.25, 0.3) is 0 Å². The maximum Gasteiger partial charge on any atom is 0.415 e. The molecule has 1 aliphatic carbocycles. The lowest BCUT2D eigenvalue weighted by Gasteiger charge is -2.31. The Labute approximate surface area is 153 Å². The van der Waals surface area contributed by atoms with Crippen LogP contribution in [-0.2, 0) is 10.0 Å². The summed E-state index contributed by atoms with van der Waals surface area (Å²) in [5.74, 6) is -3.26. The molecule has 1 unspecified atom stereocenters. The number of halogens is 5. The Morgan fingerprint density at radius 2 is 1.96 bits per heavy atom. The number of benzene rings is 1. The number of hydrogen-bond acceptors (Lipinski definition) is 4. The minimum Gasteiger partial charge on any atom is -0.281 e. The second-order valence-electron chi connectivity index (χ2n) is 6.85. The lowest BCUT2D eigenvalue weighted by molar-refractivity contribution is -0.0937. The standard InChI is InChI=1S/C16H18F5N3O2S/c17-15(18)5-4-11(7-15)8-23-9-12(16(19,20)21)10-24(23)13-2-1-3-14(6-13)27(22,25)26/h1-3,6,10-11H,4-5,7-9H2,(H2,22,25,26). The van der Waals surface area contributed by atoms with E-state index in [-0.39, 0.29) is 36.4 Å². The first-order valence-electron chi connectivity index (χ1n) is 8.18. The topological polar surface area (TPSA) is 66.6 Å². The molecular weight excluding hydrogens is 393 g/mol. The van der Waals surface area contributed by atoms with Crippen LogP contribution in [-0.4, -0.2) is 38.6 Å². The van der Waals surface area contributed by atoms with E-state index in [1.165, 1.54) is 23.2 Å². The number of hydrazine groups is 1. The molecule has 0 aromatic heterocycles. The van der Waals surface area contributed by atoms with Crippen molar-refractivity contribution >= 4 is 15.7 Å². The van der Waals surface area contributed by atoms with E-state index >= 15 is 0 Å². The normalized spacial score (nSPS) is 23.7. The van der Waals surface area contributed by atoms with Crippen LogP contribution >= 0.6 is 0 Å². The van der Waals surface area contributed by atoms with Gasteiger partial charge in [-0.2, -0.15) is 13.2 Å². The Bertz CT molecular complexity index is 854. The van der Waals surface area contributed by atoms with Crippen molar-refractivity contribution in [3.8, 4) is 0 Å². The molecule has 1 atom stereocenters. The van der Waals surface area contributed by atoms with E-state index in [1.807, 2.05) is 0 Å². The summed E-state index contributed by atoms with van der Waals surface area (Å²) in [5, 5.41) is 7.54. The fourth-order valence-corrected chi connectivity index (χ4v) is 3.95. The van der Waals surface area contributed by atoms with E-state index in [4.69, 9.17) is 5.14 Å². The van der Waals surface area contributed by atoms with E-state index in [0.29, 0.717) is 0 Å². The largest absolute Gasteiger partial charge is 0.415 e. The Balaban J connectivity index is 1.89. The fraction of sp³-hybridized carbons (Fsp3) is 0.500. The summed E-state index contributed by atoms with van der Waals surface area (Å²) in [6, 6.07) is 5.17. The molecule has 1 fully saturated rings. The van der Waals surface area contributed by atoms with Crippen LogP contribution in [0.5, 0.6) is 0 Å². The summed E-state index contributed by atoms with van der Waals surface area (Å²) in [5.41, 5.74) is -0.682. The lowest BCUT2D eigenvalue weighted by Crippen LogP contribution is -2.39. The summed E-state index contributed by atoms with van der Waals surface area (Å²) in [6.07, 6.45) is -4.17. The highest BCUT2D eigenvalue weighted by Crippen LogP contribution is 2.41. The number of anilines is 1. The van der Waals surface area contributed by atoms with E-state index in [0.717, 1.165) is 17.3 Å². The molecule has 27 heavy (non-hydrogen) atoms. The van der Waals surface area contributed by atoms with Crippen LogP contribution in [0.1, 0.15) is 19.3 Å². The molecule has 3 rings (SSSR count). The highest BCUT2D eigenvalue weighted by molar-refractivity contribution is 7.89. The zero-order valence-corrected chi connectivity index (χ0v) is 14.9. The monoisotopic (exact) mass is 411 g/mol. The molecular formula is C16H18F5N3O2S. The van der Waals surface area contributed by atoms with Crippen molar-refractivity contribution < 1.29 is 30.4 Å². The predicted molar refractivity (Wildman–Crippen MR) is 88.3 cm³/mol. The zero-order valence-electron chi connectivity index (χ0n) is 14.1. The van der Waals surface area contributed by atoms with Gasteiger partial charge in [-0.15, -0.1) is 0 Å². The summed E-state index contributed by atoms with van der Waals surface area (Å²) < 4.78 is 89.4. The van der Waals surface area contributed by atoms with Crippen molar-refractivity contribution in [2.24, 2.45) is 11.1 Å². The highest BCUT2D eigenvalue weighted by Gasteiger charge is 2.44. The average molecular weight is 411 g/mol. The molecule has 11 heteroatoms. The Morgan fingerprint density at radius 1 is 1.26 bits per heavy atom. The zero-order chi connectivity index (χ0) is 20.0. The second-order valence-corrected chi connectivity index (χ2v) is 8.41. The van der Waals surface area contributed by atoms with Gasteiger partial charge in [0.05, 0.1) is 22.7 Å². The van der Waals surface area contributed by atoms with Gasteiger partial charge in [0.2, 0.25) is 15.9 Å². The number of hydrogen-bond donors (Lipinski definition) is 1. The van der Waals surface area contributed by atoms with Gasteiger partial charge in [-0.25, -0.2) is 27.3 Å². The summed E-state index contributed by atoms with van der Waals surface area (Å²) >= 11 is 0. The van der Waals surface area contributed by atoms with Gasteiger partial charge in [-0.1, -0.05) is 6.07 Å². The maximum absolute atomic E-state index is 13.4. The SMILES string of the molecule is NS(=O)(=O)c1cccc(N2C=C(C(F)(F)F)CN2CC2CCC(F)(F)C2)c1. The molecule has 0 bridgehead atoms. The van der Waals surface area contributed by atoms with Crippen molar-refractivity contribution in [1.29, 1.82) is 0 Å². The number of nitrogens with zero attached hydrogens (tertiary/aromatic N) is 2. The molecule has 1 heterocycles. The molecule has 1 saturated carbocycles. The van der Waals surface area contributed by atoms with Gasteiger partial charge in [-0.05, 0) is 30.5 Å². The van der Waals surface area contributed by atoms with Crippen molar-refractivity contribution in [2.75, 3.05) is 18.1 Å². The first-order valence-corrected chi connectivity index (χ1v) is 9.72. The minimum atomic E-state index is -4.58. The smallest absolute Gasteiger partial charge is 0.281 e. The Kier molecular flexibility index (Phi) is 4.98. The quantitative estimate of drug-likeness (QED) is 0.773. The molecule has 0 saturated heterocycles. The third kappa shape index (κ3) is 4.58. The molecule has 2 aliphatic rings. The van der Waals surface area contributed by atoms with E-state index in [2.05, 4.69) is 0 Å². The van der Waals surface area contributed by atoms with Gasteiger partial charge in [0.15, 0.2) is 0 Å². The van der Waals surface area contributed by atoms with Crippen molar-refractivity contribution in [1.82, 2.24) is 5.01 Å². The van der Waals surface area contributed by atoms with Crippen molar-refractivity contribution in [3.63, 3.8) is 0 Å². The number of nitrogens with two attached hydrogens (primary N) is 1. The molecule has 0 radical (unpaired) electrons. The van der Waals surface area contributed by atoms with Crippen LogP contribution < -0.4 is 10.1 Å². The number of sulfonamides is 1. The number of primary sulfonamides is 1. The predicted octanol–water partition coefficient (Wildman–Crippen LogP) is 3.25. The molecule has 1 aromatic carbocycles. The number of rotatable bonds is 4. The van der Waals surface area contributed by atoms with Gasteiger partial charge < -0.3 is 0 Å². The minimum absolute atomic E-state index is 0.00523. The van der Waals surface area contributed by atoms with Crippen LogP contribution in [0.3, 0.4) is 0 Å². The average Bonchev–Trinajstić information content (AvgIpc) is 3.10. The van der Waals surface area contributed by atoms with Crippen LogP contribution in [0.2, 0.25) is 0 Å². The van der Waals surface area contributed by atoms with Gasteiger partial charge in [0.1, 0.15) is 0 Å². The first-order chi connectivity index (χ1) is 12.4. The van der Waals surface area contributed by atoms with E-state index < -0.39 is 40.2 Å². The molecule has 0 spiro atoms. The van der Waals surface area contributed by atoms with Crippen LogP contribution in [0.25, 0.3) is 0 Å². The molecule has 0 amide bonds. The molecule has 5 nitrogen and oxygen atoms in total. The van der Waals surface area contributed by atoms with Gasteiger partial charge in [0, 0.05) is 25.6 Å². The maximum atomic E-state index is 13.4. The highest BCUT2D eigenvalue weighted by atomic mass is 32.2. The fourth-order valence-electron chi connectivity index (χ4n) is 3.39. The lowest BCUT2D eigenvalue weighted by atomic mass is 10.1. The van der Waals surface area contributed by atoms with Crippen LogP contribution in [0.4, 0.5) is 27.6 Å². The van der Waals surface area contributed by atoms with Crippen molar-refractivity contribution in [3.05, 3.63) is 36.0 Å². The molecule has 150 valence electrons. The Hall–Kier alpha value is -1.72. The summed E-state index contributed by atoms with van der Waals surface area (Å²) in [6.45, 7) is -0.490. The van der Waals surface area contributed by atoms with Gasteiger partial charge in [-0.3, -0.25) is 5.01 Å². The van der Waals surface area contributed by atoms with Crippen LogP contribution in [0, 0.1) is 5.92 Å².